The summed E-state index contributed by atoms with van der Waals surface area (Å²) in [5, 5.41) is 0.631. The van der Waals surface area contributed by atoms with Crippen molar-refractivity contribution in [2.24, 2.45) is 0 Å². The molecule has 1 aromatic carbocycles. The molecule has 0 aromatic heterocycles. The lowest BCUT2D eigenvalue weighted by atomic mass is 10.3. The molecular weight excluding hydrogens is 242 g/mol. The van der Waals surface area contributed by atoms with Crippen molar-refractivity contribution in [3.8, 4) is 5.75 Å². The summed E-state index contributed by atoms with van der Waals surface area (Å²) in [6.07, 6.45) is 0. The van der Waals surface area contributed by atoms with Crippen molar-refractivity contribution >= 4 is 17.5 Å². The molecule has 0 atom stereocenters. The molecule has 0 N–H and O–H groups in total. The fraction of sp³-hybridized carbons (Fsp3) is 0.417. The Balaban J connectivity index is 2.30. The van der Waals surface area contributed by atoms with E-state index in [1.807, 2.05) is 12.1 Å². The number of ether oxygens (including phenoxy) is 2. The zero-order chi connectivity index (χ0) is 12.7. The molecule has 0 radical (unpaired) electrons. The van der Waals surface area contributed by atoms with E-state index >= 15 is 0 Å². The predicted molar refractivity (Wildman–Crippen MR) is 66.5 cm³/mol. The van der Waals surface area contributed by atoms with Gasteiger partial charge in [-0.2, -0.15) is 0 Å². The van der Waals surface area contributed by atoms with Crippen molar-refractivity contribution in [1.82, 2.24) is 4.90 Å². The smallest absolute Gasteiger partial charge is 0.248 e. The summed E-state index contributed by atoms with van der Waals surface area (Å²) in [6, 6.07) is 7.15. The maximum atomic E-state index is 11.4. The summed E-state index contributed by atoms with van der Waals surface area (Å²) in [7, 11) is 3.21. The summed E-state index contributed by atoms with van der Waals surface area (Å²) >= 11 is 5.82. The number of hydrogen-bond acceptors (Lipinski definition) is 3. The Bertz CT molecular complexity index is 371. The Morgan fingerprint density at radius 2 is 2.24 bits per heavy atom. The summed E-state index contributed by atoms with van der Waals surface area (Å²) in [4.78, 5) is 12.9. The third kappa shape index (κ3) is 5.06. The standard InChI is InChI=1S/C12H16ClNO3/c1-14(12(15)9-16-2)6-7-17-11-5-3-4-10(13)8-11/h3-5,8H,6-7,9H2,1-2H3. The van der Waals surface area contributed by atoms with E-state index in [0.717, 1.165) is 0 Å². The van der Waals surface area contributed by atoms with E-state index in [9.17, 15) is 4.79 Å². The second-order valence-electron chi connectivity index (χ2n) is 3.55. The van der Waals surface area contributed by atoms with Gasteiger partial charge in [-0.25, -0.2) is 0 Å². The maximum absolute atomic E-state index is 11.4. The third-order valence-corrected chi connectivity index (χ3v) is 2.42. The van der Waals surface area contributed by atoms with Crippen molar-refractivity contribution in [3.63, 3.8) is 0 Å². The van der Waals surface area contributed by atoms with Gasteiger partial charge in [-0.15, -0.1) is 0 Å². The van der Waals surface area contributed by atoms with Crippen LogP contribution in [0, 0.1) is 0 Å². The molecule has 0 unspecified atom stereocenters. The number of halogens is 1. The Morgan fingerprint density at radius 3 is 2.88 bits per heavy atom. The van der Waals surface area contributed by atoms with Crippen LogP contribution in [0.25, 0.3) is 0 Å². The number of carbonyl (C=O) groups is 1. The predicted octanol–water partition coefficient (Wildman–Crippen LogP) is 1.82. The quantitative estimate of drug-likeness (QED) is 0.780. The molecule has 1 amide bonds. The average Bonchev–Trinajstić information content (AvgIpc) is 2.29. The first-order valence-electron chi connectivity index (χ1n) is 5.24. The van der Waals surface area contributed by atoms with Gasteiger partial charge in [0.1, 0.15) is 19.0 Å². The van der Waals surface area contributed by atoms with Gasteiger partial charge in [-0.1, -0.05) is 17.7 Å². The number of nitrogens with zero attached hydrogens (tertiary/aromatic N) is 1. The molecule has 1 aromatic rings. The van der Waals surface area contributed by atoms with Crippen molar-refractivity contribution in [2.75, 3.05) is 33.9 Å². The summed E-state index contributed by atoms with van der Waals surface area (Å²) in [6.45, 7) is 1.02. The molecule has 4 nitrogen and oxygen atoms in total. The Morgan fingerprint density at radius 1 is 1.47 bits per heavy atom. The number of hydrogen-bond donors (Lipinski definition) is 0. The van der Waals surface area contributed by atoms with Crippen LogP contribution in [0.4, 0.5) is 0 Å². The van der Waals surface area contributed by atoms with E-state index in [1.165, 1.54) is 7.11 Å². The highest BCUT2D eigenvalue weighted by atomic mass is 35.5. The van der Waals surface area contributed by atoms with Crippen LogP contribution in [0.5, 0.6) is 5.75 Å². The van der Waals surface area contributed by atoms with Gasteiger partial charge < -0.3 is 14.4 Å². The minimum absolute atomic E-state index is 0.0674. The molecule has 0 aliphatic rings. The Labute approximate surface area is 106 Å². The Hall–Kier alpha value is -1.26. The van der Waals surface area contributed by atoms with Gasteiger partial charge in [0, 0.05) is 19.2 Å². The monoisotopic (exact) mass is 257 g/mol. The molecule has 5 heteroatoms. The maximum Gasteiger partial charge on any atom is 0.248 e. The molecule has 1 rings (SSSR count). The van der Waals surface area contributed by atoms with Gasteiger partial charge in [0.15, 0.2) is 0 Å². The first-order chi connectivity index (χ1) is 8.13. The van der Waals surface area contributed by atoms with Crippen LogP contribution in [0.3, 0.4) is 0 Å². The van der Waals surface area contributed by atoms with Gasteiger partial charge in [-0.05, 0) is 18.2 Å². The molecule has 0 fully saturated rings. The molecule has 94 valence electrons. The summed E-state index contributed by atoms with van der Waals surface area (Å²) < 4.78 is 10.2. The van der Waals surface area contributed by atoms with Crippen LogP contribution in [0.1, 0.15) is 0 Å². The first-order valence-corrected chi connectivity index (χ1v) is 5.62. The van der Waals surface area contributed by atoms with Crippen LogP contribution in [0.15, 0.2) is 24.3 Å². The number of rotatable bonds is 6. The topological polar surface area (TPSA) is 38.8 Å². The van der Waals surface area contributed by atoms with E-state index in [4.69, 9.17) is 21.1 Å². The number of amides is 1. The van der Waals surface area contributed by atoms with Crippen LogP contribution < -0.4 is 4.74 Å². The molecule has 0 aliphatic carbocycles. The zero-order valence-electron chi connectivity index (χ0n) is 9.98. The largest absolute Gasteiger partial charge is 0.492 e. The molecule has 17 heavy (non-hydrogen) atoms. The summed E-state index contributed by atoms with van der Waals surface area (Å²) in [5.74, 6) is 0.632. The highest BCUT2D eigenvalue weighted by Crippen LogP contribution is 2.16. The van der Waals surface area contributed by atoms with Gasteiger partial charge >= 0.3 is 0 Å². The fourth-order valence-electron chi connectivity index (χ4n) is 1.22. The number of benzene rings is 1. The molecule has 0 bridgehead atoms. The fourth-order valence-corrected chi connectivity index (χ4v) is 1.40. The lowest BCUT2D eigenvalue weighted by Gasteiger charge is -2.16. The molecule has 0 aliphatic heterocycles. The molecule has 0 spiro atoms. The minimum atomic E-state index is -0.0674. The number of methoxy groups -OCH3 is 1. The number of carbonyl (C=O) groups excluding carboxylic acids is 1. The SMILES string of the molecule is COCC(=O)N(C)CCOc1cccc(Cl)c1. The summed E-state index contributed by atoms with van der Waals surface area (Å²) in [5.41, 5.74) is 0. The number of likely N-dealkylation sites (N-methyl/N-ethyl adjacent to an activating group) is 1. The first kappa shape index (κ1) is 13.8. The highest BCUT2D eigenvalue weighted by Gasteiger charge is 2.07. The van der Waals surface area contributed by atoms with Crippen molar-refractivity contribution < 1.29 is 14.3 Å². The zero-order valence-corrected chi connectivity index (χ0v) is 10.7. The minimum Gasteiger partial charge on any atom is -0.492 e. The van der Waals surface area contributed by atoms with E-state index in [0.29, 0.717) is 23.9 Å². The van der Waals surface area contributed by atoms with Crippen LogP contribution in [0.2, 0.25) is 5.02 Å². The van der Waals surface area contributed by atoms with E-state index < -0.39 is 0 Å². The van der Waals surface area contributed by atoms with Gasteiger partial charge in [0.25, 0.3) is 0 Å². The normalized spacial score (nSPS) is 10.1. The molecule has 0 heterocycles. The van der Waals surface area contributed by atoms with Gasteiger partial charge in [0.2, 0.25) is 5.91 Å². The van der Waals surface area contributed by atoms with Crippen molar-refractivity contribution in [3.05, 3.63) is 29.3 Å². The van der Waals surface area contributed by atoms with E-state index in [1.54, 1.807) is 24.1 Å². The second-order valence-corrected chi connectivity index (χ2v) is 3.99. The molecule has 0 saturated heterocycles. The Kier molecular flexibility index (Phi) is 5.80. The van der Waals surface area contributed by atoms with Crippen LogP contribution >= 0.6 is 11.6 Å². The molecule has 0 saturated carbocycles. The van der Waals surface area contributed by atoms with Crippen molar-refractivity contribution in [1.29, 1.82) is 0 Å². The lowest BCUT2D eigenvalue weighted by Crippen LogP contribution is -2.33. The molecular formula is C12H16ClNO3. The second kappa shape index (κ2) is 7.14. The lowest BCUT2D eigenvalue weighted by molar-refractivity contribution is -0.134. The van der Waals surface area contributed by atoms with Crippen LogP contribution in [-0.4, -0.2) is 44.7 Å². The van der Waals surface area contributed by atoms with Gasteiger partial charge in [0.05, 0.1) is 6.54 Å². The van der Waals surface area contributed by atoms with Gasteiger partial charge in [-0.3, -0.25) is 4.79 Å². The van der Waals surface area contributed by atoms with Crippen LogP contribution in [-0.2, 0) is 9.53 Å². The third-order valence-electron chi connectivity index (χ3n) is 2.19. The van der Waals surface area contributed by atoms with E-state index in [2.05, 4.69) is 0 Å². The van der Waals surface area contributed by atoms with Crippen molar-refractivity contribution in [2.45, 2.75) is 0 Å². The average molecular weight is 258 g/mol. The van der Waals surface area contributed by atoms with E-state index in [-0.39, 0.29) is 12.5 Å². The highest BCUT2D eigenvalue weighted by molar-refractivity contribution is 6.30.